The smallest absolute Gasteiger partial charge is 0.121 e. The molecule has 1 aliphatic rings. The molecule has 0 saturated carbocycles. The van der Waals surface area contributed by atoms with Crippen LogP contribution in [0.1, 0.15) is 22.6 Å². The molecule has 1 atom stereocenters. The van der Waals surface area contributed by atoms with E-state index in [2.05, 4.69) is 0 Å². The summed E-state index contributed by atoms with van der Waals surface area (Å²) in [5.74, 6) is 0.577. The highest BCUT2D eigenvalue weighted by atomic mass is 35.5. The normalized spacial score (nSPS) is 18.0. The number of benzene rings is 1. The molecule has 4 N–H and O–H groups in total. The second-order valence-electron chi connectivity index (χ2n) is 3.47. The first-order chi connectivity index (χ1) is 6.26. The minimum Gasteiger partial charge on any atom is -0.508 e. The third-order valence-electron chi connectivity index (χ3n) is 2.70. The van der Waals surface area contributed by atoms with Crippen LogP contribution in [0.15, 0.2) is 12.1 Å². The molecule has 14 heavy (non-hydrogen) atoms. The zero-order valence-electron chi connectivity index (χ0n) is 7.73. The first kappa shape index (κ1) is 11.3. The predicted molar refractivity (Wildman–Crippen MR) is 56.8 cm³/mol. The van der Waals surface area contributed by atoms with Gasteiger partial charge in [0, 0.05) is 11.5 Å². The van der Waals surface area contributed by atoms with E-state index in [9.17, 15) is 5.11 Å². The van der Waals surface area contributed by atoms with Gasteiger partial charge in [0.05, 0.1) is 6.61 Å². The average Bonchev–Trinajstić information content (AvgIpc) is 2.12. The van der Waals surface area contributed by atoms with Gasteiger partial charge in [-0.1, -0.05) is 0 Å². The summed E-state index contributed by atoms with van der Waals surface area (Å²) in [6.07, 6.45) is 0.971. The van der Waals surface area contributed by atoms with Crippen molar-refractivity contribution in [3.05, 3.63) is 28.8 Å². The topological polar surface area (TPSA) is 66.5 Å². The maximum absolute atomic E-state index is 9.46. The Hall–Kier alpha value is -0.770. The molecule has 2 rings (SSSR count). The predicted octanol–water partition coefficient (Wildman–Crippen LogP) is 0.905. The zero-order chi connectivity index (χ0) is 9.42. The Morgan fingerprint density at radius 3 is 2.71 bits per heavy atom. The van der Waals surface area contributed by atoms with Gasteiger partial charge in [0.2, 0.25) is 0 Å². The van der Waals surface area contributed by atoms with E-state index < -0.39 is 0 Å². The Morgan fingerprint density at radius 1 is 1.43 bits per heavy atom. The standard InChI is InChI=1S/C10H13NO2.ClH/c11-4-7-1-6-2-8(5-12)10(13)3-9(6)7;/h2-3,7,12-13H,1,4-5,11H2;1H. The first-order valence-electron chi connectivity index (χ1n) is 4.42. The molecule has 3 nitrogen and oxygen atoms in total. The quantitative estimate of drug-likeness (QED) is 0.687. The largest absolute Gasteiger partial charge is 0.508 e. The molecule has 0 bridgehead atoms. The summed E-state index contributed by atoms with van der Waals surface area (Å²) in [5, 5.41) is 18.4. The van der Waals surface area contributed by atoms with Crippen LogP contribution in [0.2, 0.25) is 0 Å². The molecule has 0 amide bonds. The van der Waals surface area contributed by atoms with Crippen molar-refractivity contribution < 1.29 is 10.2 Å². The fraction of sp³-hybridized carbons (Fsp3) is 0.400. The van der Waals surface area contributed by atoms with E-state index >= 15 is 0 Å². The Morgan fingerprint density at radius 2 is 2.14 bits per heavy atom. The van der Waals surface area contributed by atoms with Gasteiger partial charge in [-0.25, -0.2) is 0 Å². The third-order valence-corrected chi connectivity index (χ3v) is 2.70. The molecule has 0 fully saturated rings. The van der Waals surface area contributed by atoms with Gasteiger partial charge in [0.1, 0.15) is 5.75 Å². The van der Waals surface area contributed by atoms with Crippen LogP contribution >= 0.6 is 12.4 Å². The Balaban J connectivity index is 0.000000980. The van der Waals surface area contributed by atoms with E-state index in [0.29, 0.717) is 18.0 Å². The molecule has 1 unspecified atom stereocenters. The van der Waals surface area contributed by atoms with E-state index in [1.807, 2.05) is 6.07 Å². The van der Waals surface area contributed by atoms with Crippen LogP contribution in [-0.2, 0) is 13.0 Å². The zero-order valence-corrected chi connectivity index (χ0v) is 8.55. The molecule has 0 spiro atoms. The van der Waals surface area contributed by atoms with E-state index in [-0.39, 0.29) is 24.8 Å². The summed E-state index contributed by atoms with van der Waals surface area (Å²) < 4.78 is 0. The van der Waals surface area contributed by atoms with Crippen LogP contribution in [0.3, 0.4) is 0 Å². The fourth-order valence-electron chi connectivity index (χ4n) is 1.84. The van der Waals surface area contributed by atoms with Crippen molar-refractivity contribution in [3.8, 4) is 5.75 Å². The van der Waals surface area contributed by atoms with E-state index in [4.69, 9.17) is 10.8 Å². The molecule has 0 radical (unpaired) electrons. The summed E-state index contributed by atoms with van der Waals surface area (Å²) in [6, 6.07) is 3.58. The van der Waals surface area contributed by atoms with Crippen molar-refractivity contribution in [3.63, 3.8) is 0 Å². The third kappa shape index (κ3) is 1.59. The lowest BCUT2D eigenvalue weighted by molar-refractivity contribution is 0.275. The van der Waals surface area contributed by atoms with Gasteiger partial charge in [-0.05, 0) is 36.2 Å². The molecular weight excluding hydrogens is 202 g/mol. The van der Waals surface area contributed by atoms with Crippen molar-refractivity contribution in [2.24, 2.45) is 5.73 Å². The lowest BCUT2D eigenvalue weighted by Crippen LogP contribution is -2.24. The van der Waals surface area contributed by atoms with Crippen molar-refractivity contribution >= 4 is 12.4 Å². The number of aliphatic hydroxyl groups excluding tert-OH is 1. The number of phenols is 1. The molecule has 4 heteroatoms. The molecule has 1 aliphatic carbocycles. The van der Waals surface area contributed by atoms with Crippen molar-refractivity contribution in [1.82, 2.24) is 0 Å². The molecule has 0 aliphatic heterocycles. The van der Waals surface area contributed by atoms with Crippen molar-refractivity contribution in [2.75, 3.05) is 6.54 Å². The Labute approximate surface area is 89.0 Å². The SMILES string of the molecule is Cl.NCC1Cc2cc(CO)c(O)cc21. The number of hydrogen-bond acceptors (Lipinski definition) is 3. The Bertz CT molecular complexity index is 341. The van der Waals surface area contributed by atoms with Crippen molar-refractivity contribution in [2.45, 2.75) is 18.9 Å². The first-order valence-corrected chi connectivity index (χ1v) is 4.42. The number of rotatable bonds is 2. The lowest BCUT2D eigenvalue weighted by Gasteiger charge is -2.29. The molecule has 78 valence electrons. The monoisotopic (exact) mass is 215 g/mol. The number of fused-ring (bicyclic) bond motifs is 1. The molecule has 0 saturated heterocycles. The molecular formula is C10H14ClNO2. The maximum atomic E-state index is 9.46. The lowest BCUT2D eigenvalue weighted by atomic mass is 9.77. The molecule has 1 aromatic carbocycles. The second-order valence-corrected chi connectivity index (χ2v) is 3.47. The molecule has 0 aromatic heterocycles. The number of aromatic hydroxyl groups is 1. The van der Waals surface area contributed by atoms with Gasteiger partial charge >= 0.3 is 0 Å². The summed E-state index contributed by atoms with van der Waals surface area (Å²) in [5.41, 5.74) is 8.49. The van der Waals surface area contributed by atoms with Crippen LogP contribution < -0.4 is 5.73 Å². The number of hydrogen-bond donors (Lipinski definition) is 3. The average molecular weight is 216 g/mol. The minimum atomic E-state index is -0.105. The van der Waals surface area contributed by atoms with Crippen molar-refractivity contribution in [1.29, 1.82) is 0 Å². The van der Waals surface area contributed by atoms with Crippen LogP contribution in [-0.4, -0.2) is 16.8 Å². The van der Waals surface area contributed by atoms with Gasteiger partial charge in [-0.2, -0.15) is 0 Å². The highest BCUT2D eigenvalue weighted by Crippen LogP contribution is 2.38. The van der Waals surface area contributed by atoms with Crippen LogP contribution in [0, 0.1) is 0 Å². The van der Waals surface area contributed by atoms with E-state index in [1.165, 1.54) is 5.56 Å². The molecule has 1 aromatic rings. The maximum Gasteiger partial charge on any atom is 0.121 e. The van der Waals surface area contributed by atoms with Crippen LogP contribution in [0.4, 0.5) is 0 Å². The van der Waals surface area contributed by atoms with E-state index in [0.717, 1.165) is 12.0 Å². The van der Waals surface area contributed by atoms with E-state index in [1.54, 1.807) is 6.07 Å². The van der Waals surface area contributed by atoms with Crippen LogP contribution in [0.25, 0.3) is 0 Å². The number of nitrogens with two attached hydrogens (primary N) is 1. The van der Waals surface area contributed by atoms with Gasteiger partial charge in [-0.3, -0.25) is 0 Å². The van der Waals surface area contributed by atoms with Gasteiger partial charge in [-0.15, -0.1) is 12.4 Å². The minimum absolute atomic E-state index is 0. The summed E-state index contributed by atoms with van der Waals surface area (Å²) in [4.78, 5) is 0. The van der Waals surface area contributed by atoms with Crippen LogP contribution in [0.5, 0.6) is 5.75 Å². The summed E-state index contributed by atoms with van der Waals surface area (Å²) in [7, 11) is 0. The number of halogens is 1. The van der Waals surface area contributed by atoms with Gasteiger partial charge in [0.15, 0.2) is 0 Å². The summed E-state index contributed by atoms with van der Waals surface area (Å²) in [6.45, 7) is 0.525. The number of aliphatic hydroxyl groups is 1. The highest BCUT2D eigenvalue weighted by Gasteiger charge is 2.26. The summed E-state index contributed by atoms with van der Waals surface area (Å²) >= 11 is 0. The second kappa shape index (κ2) is 4.17. The Kier molecular flexibility index (Phi) is 3.37. The highest BCUT2D eigenvalue weighted by molar-refractivity contribution is 5.85. The fourth-order valence-corrected chi connectivity index (χ4v) is 1.84. The van der Waals surface area contributed by atoms with Gasteiger partial charge < -0.3 is 15.9 Å². The molecule has 0 heterocycles. The van der Waals surface area contributed by atoms with Gasteiger partial charge in [0.25, 0.3) is 0 Å².